The van der Waals surface area contributed by atoms with Crippen LogP contribution in [-0.4, -0.2) is 12.1 Å². The van der Waals surface area contributed by atoms with Gasteiger partial charge in [-0.3, -0.25) is 0 Å². The Hall–Kier alpha value is -1.74. The highest BCUT2D eigenvalue weighted by atomic mass is 35.5. The van der Waals surface area contributed by atoms with E-state index in [1.54, 1.807) is 7.11 Å². The normalized spacial score (nSPS) is 17.2. The summed E-state index contributed by atoms with van der Waals surface area (Å²) in [7, 11) is 1.71. The number of ether oxygens (including phenoxy) is 1. The number of hydrogen-bond donors (Lipinski definition) is 1. The van der Waals surface area contributed by atoms with Crippen molar-refractivity contribution in [3.05, 3.63) is 52.3 Å². The predicted octanol–water partition coefficient (Wildman–Crippen LogP) is 4.54. The molecule has 1 aromatic carbocycles. The summed E-state index contributed by atoms with van der Waals surface area (Å²) in [4.78, 5) is 4.31. The van der Waals surface area contributed by atoms with E-state index in [0.717, 1.165) is 30.0 Å². The van der Waals surface area contributed by atoms with E-state index in [0.29, 0.717) is 11.2 Å². The highest BCUT2D eigenvalue weighted by molar-refractivity contribution is 6.29. The summed E-state index contributed by atoms with van der Waals surface area (Å²) >= 11 is 5.92. The molecule has 4 heteroatoms. The van der Waals surface area contributed by atoms with Gasteiger partial charge in [0.15, 0.2) is 0 Å². The summed E-state index contributed by atoms with van der Waals surface area (Å²) in [5.74, 6) is 0.929. The van der Waals surface area contributed by atoms with Gasteiger partial charge >= 0.3 is 0 Å². The first-order valence-corrected chi connectivity index (χ1v) is 7.61. The Balaban J connectivity index is 1.88. The number of aryl methyl sites for hydroxylation is 2. The SMILES string of the molecule is COc1ccc2c(c1)CCCC2Nc1ccc(Cl)nc1C. The number of rotatable bonds is 3. The maximum atomic E-state index is 5.92. The van der Waals surface area contributed by atoms with Crippen LogP contribution < -0.4 is 10.1 Å². The molecule has 0 spiro atoms. The molecule has 0 radical (unpaired) electrons. The predicted molar refractivity (Wildman–Crippen MR) is 86.3 cm³/mol. The van der Waals surface area contributed by atoms with Crippen LogP contribution in [0.25, 0.3) is 0 Å². The second kappa shape index (κ2) is 5.94. The molecule has 0 bridgehead atoms. The molecular formula is C17H19ClN2O. The van der Waals surface area contributed by atoms with Gasteiger partial charge < -0.3 is 10.1 Å². The van der Waals surface area contributed by atoms with Gasteiger partial charge in [0.1, 0.15) is 10.9 Å². The summed E-state index contributed by atoms with van der Waals surface area (Å²) in [5, 5.41) is 4.14. The van der Waals surface area contributed by atoms with Crippen LogP contribution in [0.3, 0.4) is 0 Å². The van der Waals surface area contributed by atoms with Gasteiger partial charge in [0.2, 0.25) is 0 Å². The molecule has 0 amide bonds. The van der Waals surface area contributed by atoms with Crippen molar-refractivity contribution in [1.29, 1.82) is 0 Å². The molecule has 1 aromatic heterocycles. The van der Waals surface area contributed by atoms with Crippen molar-refractivity contribution in [2.45, 2.75) is 32.2 Å². The maximum absolute atomic E-state index is 5.92. The fourth-order valence-corrected chi connectivity index (χ4v) is 3.13. The Morgan fingerprint density at radius 1 is 1.29 bits per heavy atom. The second-order valence-electron chi connectivity index (χ2n) is 5.42. The Morgan fingerprint density at radius 3 is 2.90 bits per heavy atom. The minimum absolute atomic E-state index is 0.321. The molecule has 3 rings (SSSR count). The number of nitrogens with zero attached hydrogens (tertiary/aromatic N) is 1. The van der Waals surface area contributed by atoms with Crippen LogP contribution in [0.1, 0.15) is 35.7 Å². The van der Waals surface area contributed by atoms with Crippen LogP contribution in [0.5, 0.6) is 5.75 Å². The number of fused-ring (bicyclic) bond motifs is 1. The number of hydrogen-bond acceptors (Lipinski definition) is 3. The third-order valence-corrected chi connectivity index (χ3v) is 4.26. The maximum Gasteiger partial charge on any atom is 0.129 e. The van der Waals surface area contributed by atoms with Gasteiger partial charge in [0.25, 0.3) is 0 Å². The van der Waals surface area contributed by atoms with Crippen molar-refractivity contribution in [2.24, 2.45) is 0 Å². The van der Waals surface area contributed by atoms with Gasteiger partial charge in [0.05, 0.1) is 24.5 Å². The molecular weight excluding hydrogens is 284 g/mol. The largest absolute Gasteiger partial charge is 0.497 e. The molecule has 1 heterocycles. The zero-order valence-corrected chi connectivity index (χ0v) is 13.1. The van der Waals surface area contributed by atoms with E-state index in [2.05, 4.69) is 22.4 Å². The minimum Gasteiger partial charge on any atom is -0.497 e. The van der Waals surface area contributed by atoms with Crippen molar-refractivity contribution in [2.75, 3.05) is 12.4 Å². The zero-order chi connectivity index (χ0) is 14.8. The smallest absolute Gasteiger partial charge is 0.129 e. The lowest BCUT2D eigenvalue weighted by atomic mass is 9.87. The lowest BCUT2D eigenvalue weighted by Crippen LogP contribution is -2.18. The summed E-state index contributed by atoms with van der Waals surface area (Å²) < 4.78 is 5.32. The number of methoxy groups -OCH3 is 1. The van der Waals surface area contributed by atoms with Gasteiger partial charge in [-0.15, -0.1) is 0 Å². The molecule has 3 nitrogen and oxygen atoms in total. The van der Waals surface area contributed by atoms with Crippen molar-refractivity contribution in [1.82, 2.24) is 4.98 Å². The van der Waals surface area contributed by atoms with E-state index in [-0.39, 0.29) is 0 Å². The highest BCUT2D eigenvalue weighted by Crippen LogP contribution is 2.35. The first-order chi connectivity index (χ1) is 10.2. The molecule has 1 N–H and O–H groups in total. The third-order valence-electron chi connectivity index (χ3n) is 4.05. The number of nitrogens with one attached hydrogen (secondary N) is 1. The number of halogens is 1. The minimum atomic E-state index is 0.321. The standard InChI is InChI=1S/C17H19ClN2O/c1-11-15(8-9-17(18)19-11)20-16-5-3-4-12-10-13(21-2)6-7-14(12)16/h6-10,16,20H,3-5H2,1-2H3. The Morgan fingerprint density at radius 2 is 2.14 bits per heavy atom. The third kappa shape index (κ3) is 2.98. The lowest BCUT2D eigenvalue weighted by Gasteiger charge is -2.28. The molecule has 0 fully saturated rings. The average molecular weight is 303 g/mol. The summed E-state index contributed by atoms with van der Waals surface area (Å²) in [5.41, 5.74) is 4.71. The van der Waals surface area contributed by atoms with Gasteiger partial charge in [-0.1, -0.05) is 17.7 Å². The van der Waals surface area contributed by atoms with Crippen molar-refractivity contribution < 1.29 is 4.74 Å². The van der Waals surface area contributed by atoms with Crippen LogP contribution in [0, 0.1) is 6.92 Å². The van der Waals surface area contributed by atoms with E-state index < -0.39 is 0 Å². The number of aromatic nitrogens is 1. The number of anilines is 1. The molecule has 2 aromatic rings. The quantitative estimate of drug-likeness (QED) is 0.845. The van der Waals surface area contributed by atoms with E-state index >= 15 is 0 Å². The van der Waals surface area contributed by atoms with Crippen LogP contribution in [0.2, 0.25) is 5.15 Å². The zero-order valence-electron chi connectivity index (χ0n) is 12.3. The van der Waals surface area contributed by atoms with Crippen LogP contribution in [0.15, 0.2) is 30.3 Å². The van der Waals surface area contributed by atoms with Gasteiger partial charge in [-0.05, 0) is 61.6 Å². The van der Waals surface area contributed by atoms with Crippen LogP contribution in [-0.2, 0) is 6.42 Å². The topological polar surface area (TPSA) is 34.1 Å². The van der Waals surface area contributed by atoms with E-state index in [9.17, 15) is 0 Å². The van der Waals surface area contributed by atoms with Crippen molar-refractivity contribution in [3.8, 4) is 5.75 Å². The molecule has 21 heavy (non-hydrogen) atoms. The van der Waals surface area contributed by atoms with Crippen molar-refractivity contribution >= 4 is 17.3 Å². The highest BCUT2D eigenvalue weighted by Gasteiger charge is 2.21. The first-order valence-electron chi connectivity index (χ1n) is 7.24. The first kappa shape index (κ1) is 14.2. The van der Waals surface area contributed by atoms with Crippen molar-refractivity contribution in [3.63, 3.8) is 0 Å². The van der Waals surface area contributed by atoms with Crippen LogP contribution >= 0.6 is 11.6 Å². The number of pyridine rings is 1. The lowest BCUT2D eigenvalue weighted by molar-refractivity contribution is 0.413. The molecule has 0 saturated carbocycles. The van der Waals surface area contributed by atoms with E-state index in [4.69, 9.17) is 16.3 Å². The Labute approximate surface area is 130 Å². The summed E-state index contributed by atoms with van der Waals surface area (Å²) in [6.45, 7) is 1.98. The fraction of sp³-hybridized carbons (Fsp3) is 0.353. The average Bonchev–Trinajstić information content (AvgIpc) is 2.49. The van der Waals surface area contributed by atoms with Gasteiger partial charge in [-0.25, -0.2) is 4.98 Å². The summed E-state index contributed by atoms with van der Waals surface area (Å²) in [6, 6.07) is 10.5. The molecule has 110 valence electrons. The molecule has 1 unspecified atom stereocenters. The van der Waals surface area contributed by atoms with Gasteiger partial charge in [-0.2, -0.15) is 0 Å². The fourth-order valence-electron chi connectivity index (χ4n) is 2.94. The Bertz CT molecular complexity index is 657. The molecule has 1 atom stereocenters. The number of benzene rings is 1. The van der Waals surface area contributed by atoms with Gasteiger partial charge in [0, 0.05) is 0 Å². The second-order valence-corrected chi connectivity index (χ2v) is 5.81. The van der Waals surface area contributed by atoms with E-state index in [1.165, 1.54) is 17.5 Å². The summed E-state index contributed by atoms with van der Waals surface area (Å²) in [6.07, 6.45) is 3.42. The van der Waals surface area contributed by atoms with E-state index in [1.807, 2.05) is 25.1 Å². The molecule has 0 saturated heterocycles. The van der Waals surface area contributed by atoms with Crippen LogP contribution in [0.4, 0.5) is 5.69 Å². The molecule has 0 aliphatic heterocycles. The Kier molecular flexibility index (Phi) is 4.02. The monoisotopic (exact) mass is 302 g/mol. The molecule has 1 aliphatic rings. The molecule has 1 aliphatic carbocycles.